The molecule has 0 amide bonds. The van der Waals surface area contributed by atoms with Crippen molar-refractivity contribution in [3.8, 4) is 0 Å². The van der Waals surface area contributed by atoms with Gasteiger partial charge in [-0.3, -0.25) is 0 Å². The molecule has 0 unspecified atom stereocenters. The van der Waals surface area contributed by atoms with Crippen molar-refractivity contribution in [1.82, 2.24) is 14.5 Å². The Kier molecular flexibility index (Phi) is 4.05. The Morgan fingerprint density at radius 2 is 2.18 bits per heavy atom. The number of aromatic nitrogens is 2. The molecule has 1 N–H and O–H groups in total. The molecule has 1 aromatic heterocycles. The van der Waals surface area contributed by atoms with E-state index >= 15 is 0 Å². The third-order valence-electron chi connectivity index (χ3n) is 3.11. The number of anilines is 1. The van der Waals surface area contributed by atoms with Crippen molar-refractivity contribution in [3.05, 3.63) is 11.9 Å². The predicted octanol–water partition coefficient (Wildman–Crippen LogP) is 2.28. The zero-order valence-electron chi connectivity index (χ0n) is 11.2. The lowest BCUT2D eigenvalue weighted by atomic mass is 10.3. The van der Waals surface area contributed by atoms with E-state index in [9.17, 15) is 0 Å². The zero-order chi connectivity index (χ0) is 12.3. The van der Waals surface area contributed by atoms with Crippen molar-refractivity contribution < 1.29 is 0 Å². The lowest BCUT2D eigenvalue weighted by Crippen LogP contribution is -2.15. The maximum absolute atomic E-state index is 4.55. The Labute approximate surface area is 104 Å². The highest BCUT2D eigenvalue weighted by atomic mass is 15.2. The second kappa shape index (κ2) is 5.54. The zero-order valence-corrected chi connectivity index (χ0v) is 11.2. The van der Waals surface area contributed by atoms with Gasteiger partial charge in [-0.2, -0.15) is 0 Å². The molecule has 0 atom stereocenters. The van der Waals surface area contributed by atoms with Gasteiger partial charge in [0, 0.05) is 18.8 Å². The molecule has 2 rings (SSSR count). The summed E-state index contributed by atoms with van der Waals surface area (Å²) in [4.78, 5) is 6.78. The fourth-order valence-electron chi connectivity index (χ4n) is 2.03. The molecule has 0 aliphatic heterocycles. The first-order chi connectivity index (χ1) is 8.16. The first kappa shape index (κ1) is 12.4. The van der Waals surface area contributed by atoms with Gasteiger partial charge >= 0.3 is 0 Å². The Balaban J connectivity index is 1.74. The van der Waals surface area contributed by atoms with Gasteiger partial charge in [0.2, 0.25) is 5.95 Å². The highest BCUT2D eigenvalue weighted by Crippen LogP contribution is 2.37. The summed E-state index contributed by atoms with van der Waals surface area (Å²) in [6.45, 7) is 4.25. The van der Waals surface area contributed by atoms with E-state index in [1.165, 1.54) is 25.7 Å². The molecule has 1 fully saturated rings. The fraction of sp³-hybridized carbons (Fsp3) is 0.769. The summed E-state index contributed by atoms with van der Waals surface area (Å²) in [5.74, 6) is 1.06. The van der Waals surface area contributed by atoms with E-state index in [2.05, 4.69) is 47.0 Å². The number of hydrogen-bond donors (Lipinski definition) is 1. The van der Waals surface area contributed by atoms with Gasteiger partial charge in [-0.25, -0.2) is 4.98 Å². The summed E-state index contributed by atoms with van der Waals surface area (Å²) in [6.07, 6.45) is 7.23. The normalized spacial score (nSPS) is 15.5. The standard InChI is InChI=1S/C13H24N4/c1-11-10-17(12-6-7-12)13(15-11)14-8-4-5-9-16(2)3/h10,12H,4-9H2,1-3H3,(H,14,15). The van der Waals surface area contributed by atoms with Crippen LogP contribution in [0.1, 0.15) is 37.4 Å². The first-order valence-electron chi connectivity index (χ1n) is 6.61. The summed E-state index contributed by atoms with van der Waals surface area (Å²) in [6, 6.07) is 0.709. The van der Waals surface area contributed by atoms with Crippen LogP contribution in [-0.4, -0.2) is 41.6 Å². The molecule has 1 heterocycles. The smallest absolute Gasteiger partial charge is 0.203 e. The summed E-state index contributed by atoms with van der Waals surface area (Å²) < 4.78 is 2.31. The van der Waals surface area contributed by atoms with E-state index in [0.29, 0.717) is 6.04 Å². The van der Waals surface area contributed by atoms with E-state index in [1.807, 2.05) is 0 Å². The van der Waals surface area contributed by atoms with Gasteiger partial charge in [0.25, 0.3) is 0 Å². The van der Waals surface area contributed by atoms with Gasteiger partial charge in [0.15, 0.2) is 0 Å². The number of unbranched alkanes of at least 4 members (excludes halogenated alkanes) is 1. The highest BCUT2D eigenvalue weighted by Gasteiger charge is 2.25. The Hall–Kier alpha value is -1.03. The van der Waals surface area contributed by atoms with Gasteiger partial charge in [0.1, 0.15) is 0 Å². The third kappa shape index (κ3) is 3.73. The number of nitrogens with one attached hydrogen (secondary N) is 1. The number of imidazole rings is 1. The minimum atomic E-state index is 0.709. The average Bonchev–Trinajstić information content (AvgIpc) is 3.03. The second-order valence-electron chi connectivity index (χ2n) is 5.28. The van der Waals surface area contributed by atoms with Crippen molar-refractivity contribution in [1.29, 1.82) is 0 Å². The van der Waals surface area contributed by atoms with Crippen molar-refractivity contribution in [2.45, 2.75) is 38.6 Å². The average molecular weight is 236 g/mol. The van der Waals surface area contributed by atoms with Gasteiger partial charge < -0.3 is 14.8 Å². The molecule has 0 aromatic carbocycles. The van der Waals surface area contributed by atoms with Gasteiger partial charge in [-0.15, -0.1) is 0 Å². The lowest BCUT2D eigenvalue weighted by molar-refractivity contribution is 0.396. The van der Waals surface area contributed by atoms with Crippen LogP contribution < -0.4 is 5.32 Å². The summed E-state index contributed by atoms with van der Waals surface area (Å²) in [5, 5.41) is 3.46. The summed E-state index contributed by atoms with van der Waals surface area (Å²) >= 11 is 0. The summed E-state index contributed by atoms with van der Waals surface area (Å²) in [5.41, 5.74) is 1.12. The van der Waals surface area contributed by atoms with Crippen LogP contribution in [0.15, 0.2) is 6.20 Å². The second-order valence-corrected chi connectivity index (χ2v) is 5.28. The van der Waals surface area contributed by atoms with Crippen LogP contribution >= 0.6 is 0 Å². The predicted molar refractivity (Wildman–Crippen MR) is 71.5 cm³/mol. The van der Waals surface area contributed by atoms with Crippen LogP contribution in [0.2, 0.25) is 0 Å². The third-order valence-corrected chi connectivity index (χ3v) is 3.11. The molecule has 0 saturated heterocycles. The van der Waals surface area contributed by atoms with Crippen LogP contribution in [0.3, 0.4) is 0 Å². The molecule has 0 radical (unpaired) electrons. The first-order valence-corrected chi connectivity index (χ1v) is 6.61. The number of aryl methyl sites for hydroxylation is 1. The van der Waals surface area contributed by atoms with Crippen LogP contribution in [0.25, 0.3) is 0 Å². The maximum Gasteiger partial charge on any atom is 0.203 e. The quantitative estimate of drug-likeness (QED) is 0.737. The molecule has 1 aliphatic carbocycles. The largest absolute Gasteiger partial charge is 0.356 e. The number of rotatable bonds is 7. The molecular weight excluding hydrogens is 212 g/mol. The van der Waals surface area contributed by atoms with Crippen molar-refractivity contribution in [3.63, 3.8) is 0 Å². The molecular formula is C13H24N4. The van der Waals surface area contributed by atoms with E-state index in [-0.39, 0.29) is 0 Å². The summed E-state index contributed by atoms with van der Waals surface area (Å²) in [7, 11) is 4.24. The topological polar surface area (TPSA) is 33.1 Å². The minimum Gasteiger partial charge on any atom is -0.356 e. The molecule has 96 valence electrons. The Bertz CT molecular complexity index is 352. The SMILES string of the molecule is Cc1cn(C2CC2)c(NCCCCN(C)C)n1. The van der Waals surface area contributed by atoms with Crippen LogP contribution in [0, 0.1) is 6.92 Å². The van der Waals surface area contributed by atoms with Crippen molar-refractivity contribution in [2.75, 3.05) is 32.5 Å². The molecule has 1 saturated carbocycles. The van der Waals surface area contributed by atoms with Crippen LogP contribution in [-0.2, 0) is 0 Å². The number of hydrogen-bond acceptors (Lipinski definition) is 3. The molecule has 1 aromatic rings. The van der Waals surface area contributed by atoms with E-state index in [4.69, 9.17) is 0 Å². The monoisotopic (exact) mass is 236 g/mol. The van der Waals surface area contributed by atoms with E-state index in [0.717, 1.165) is 24.7 Å². The van der Waals surface area contributed by atoms with Gasteiger partial charge in [-0.1, -0.05) is 0 Å². The molecule has 4 nitrogen and oxygen atoms in total. The van der Waals surface area contributed by atoms with Crippen LogP contribution in [0.5, 0.6) is 0 Å². The van der Waals surface area contributed by atoms with Gasteiger partial charge in [-0.05, 0) is 53.2 Å². The molecule has 17 heavy (non-hydrogen) atoms. The minimum absolute atomic E-state index is 0.709. The molecule has 4 heteroatoms. The van der Waals surface area contributed by atoms with Crippen molar-refractivity contribution >= 4 is 5.95 Å². The highest BCUT2D eigenvalue weighted by molar-refractivity contribution is 5.30. The fourth-order valence-corrected chi connectivity index (χ4v) is 2.03. The van der Waals surface area contributed by atoms with E-state index < -0.39 is 0 Å². The Morgan fingerprint density at radius 1 is 1.41 bits per heavy atom. The van der Waals surface area contributed by atoms with E-state index in [1.54, 1.807) is 0 Å². The van der Waals surface area contributed by atoms with Crippen LogP contribution in [0.4, 0.5) is 5.95 Å². The molecule has 0 spiro atoms. The Morgan fingerprint density at radius 3 is 2.82 bits per heavy atom. The van der Waals surface area contributed by atoms with Gasteiger partial charge in [0.05, 0.1) is 5.69 Å². The van der Waals surface area contributed by atoms with Crippen molar-refractivity contribution in [2.24, 2.45) is 0 Å². The number of nitrogens with zero attached hydrogens (tertiary/aromatic N) is 3. The molecule has 1 aliphatic rings. The maximum atomic E-state index is 4.55. The molecule has 0 bridgehead atoms. The lowest BCUT2D eigenvalue weighted by Gasteiger charge is -2.10.